The number of rotatable bonds is 6. The molecule has 4 aromatic rings. The van der Waals surface area contributed by atoms with Gasteiger partial charge in [0.2, 0.25) is 5.95 Å². The summed E-state index contributed by atoms with van der Waals surface area (Å²) in [6.45, 7) is 6.35. The summed E-state index contributed by atoms with van der Waals surface area (Å²) in [5.74, 6) is 0.744. The van der Waals surface area contributed by atoms with Gasteiger partial charge in [-0.1, -0.05) is 26.3 Å². The van der Waals surface area contributed by atoms with Crippen LogP contribution in [0.2, 0.25) is 0 Å². The van der Waals surface area contributed by atoms with Crippen LogP contribution in [0.5, 0.6) is 0 Å². The molecule has 0 saturated heterocycles. The van der Waals surface area contributed by atoms with Gasteiger partial charge in [0, 0.05) is 35.2 Å². The second-order valence-corrected chi connectivity index (χ2v) is 9.23. The van der Waals surface area contributed by atoms with Crippen molar-refractivity contribution in [2.45, 2.75) is 58.5 Å². The molecule has 2 aromatic carbocycles. The molecule has 0 saturated carbocycles. The monoisotopic (exact) mass is 458 g/mol. The average Bonchev–Trinajstić information content (AvgIpc) is 3.06. The topological polar surface area (TPSA) is 108 Å². The van der Waals surface area contributed by atoms with Crippen LogP contribution in [-0.4, -0.2) is 21.0 Å². The van der Waals surface area contributed by atoms with Crippen LogP contribution in [0.3, 0.4) is 0 Å². The summed E-state index contributed by atoms with van der Waals surface area (Å²) < 4.78 is 5.08. The molecule has 2 heterocycles. The van der Waals surface area contributed by atoms with E-state index in [0.29, 0.717) is 34.9 Å². The Morgan fingerprint density at radius 2 is 1.91 bits per heavy atom. The molecular weight excluding hydrogens is 428 g/mol. The third kappa shape index (κ3) is 4.82. The van der Waals surface area contributed by atoms with Crippen molar-refractivity contribution in [3.05, 3.63) is 69.8 Å². The number of oxazole rings is 1. The van der Waals surface area contributed by atoms with Crippen LogP contribution >= 0.6 is 0 Å². The van der Waals surface area contributed by atoms with Crippen LogP contribution in [0.4, 0.5) is 23.1 Å². The molecule has 1 unspecified atom stereocenters. The number of anilines is 4. The first-order valence-electron chi connectivity index (χ1n) is 11.8. The number of hydrogen-bond acceptors (Lipinski definition) is 7. The van der Waals surface area contributed by atoms with Crippen LogP contribution in [0.1, 0.15) is 55.8 Å². The predicted octanol–water partition coefficient (Wildman–Crippen LogP) is 5.47. The fourth-order valence-electron chi connectivity index (χ4n) is 4.54. The van der Waals surface area contributed by atoms with Crippen molar-refractivity contribution in [3.8, 4) is 0 Å². The predicted molar refractivity (Wildman–Crippen MR) is 135 cm³/mol. The molecule has 0 fully saturated rings. The number of nitrogens with zero attached hydrogens (tertiary/aromatic N) is 2. The first-order chi connectivity index (χ1) is 16.4. The molecule has 0 spiro atoms. The summed E-state index contributed by atoms with van der Waals surface area (Å²) in [5, 5.41) is 10.4. The number of aromatic nitrogens is 3. The van der Waals surface area contributed by atoms with Crippen molar-refractivity contribution in [1.29, 1.82) is 0 Å². The lowest BCUT2D eigenvalue weighted by atomic mass is 9.97. The molecule has 2 aromatic heterocycles. The fourth-order valence-corrected chi connectivity index (χ4v) is 4.54. The zero-order valence-corrected chi connectivity index (χ0v) is 19.7. The van der Waals surface area contributed by atoms with Crippen molar-refractivity contribution in [2.24, 2.45) is 0 Å². The number of nitrogens with one attached hydrogen (secondary N) is 4. The molecule has 0 amide bonds. The first-order valence-corrected chi connectivity index (χ1v) is 11.8. The zero-order chi connectivity index (χ0) is 23.7. The van der Waals surface area contributed by atoms with Crippen molar-refractivity contribution < 1.29 is 4.42 Å². The number of aromatic amines is 1. The lowest BCUT2D eigenvalue weighted by molar-refractivity contribution is 0.446. The molecule has 0 bridgehead atoms. The highest BCUT2D eigenvalue weighted by Crippen LogP contribution is 2.32. The van der Waals surface area contributed by atoms with Crippen molar-refractivity contribution in [3.63, 3.8) is 0 Å². The van der Waals surface area contributed by atoms with Gasteiger partial charge in [-0.15, -0.1) is 0 Å². The molecule has 176 valence electrons. The maximum Gasteiger partial charge on any atom is 0.417 e. The van der Waals surface area contributed by atoms with Crippen LogP contribution in [-0.2, 0) is 6.42 Å². The largest absolute Gasteiger partial charge is 0.417 e. The standard InChI is InChI=1S/C26H30N6O2/c1-15(2)28-21-7-5-4-6-17-8-9-18(12-20(17)21)30-25-27-14-16(3)24(32-25)29-19-10-11-23-22(13-19)31-26(33)34-23/h8-15,21,28H,4-7H2,1-3H3,(H,31,33)(H2,27,29,30,32). The Hall–Kier alpha value is -3.65. The van der Waals surface area contributed by atoms with Crippen molar-refractivity contribution in [1.82, 2.24) is 20.3 Å². The Balaban J connectivity index is 1.39. The minimum absolute atomic E-state index is 0.361. The van der Waals surface area contributed by atoms with E-state index in [4.69, 9.17) is 9.40 Å². The zero-order valence-electron chi connectivity index (χ0n) is 19.7. The Morgan fingerprint density at radius 3 is 2.76 bits per heavy atom. The number of fused-ring (bicyclic) bond motifs is 2. The maximum atomic E-state index is 11.4. The Labute approximate surface area is 198 Å². The molecule has 1 aliphatic rings. The Kier molecular flexibility index (Phi) is 6.06. The lowest BCUT2D eigenvalue weighted by Gasteiger charge is -2.23. The minimum atomic E-state index is -0.469. The summed E-state index contributed by atoms with van der Waals surface area (Å²) >= 11 is 0. The fraction of sp³-hybridized carbons (Fsp3) is 0.346. The van der Waals surface area contributed by atoms with Gasteiger partial charge in [-0.3, -0.25) is 4.98 Å². The van der Waals surface area contributed by atoms with Crippen LogP contribution in [0, 0.1) is 6.92 Å². The normalized spacial score (nSPS) is 15.8. The van der Waals surface area contributed by atoms with Gasteiger partial charge < -0.3 is 20.4 Å². The van der Waals surface area contributed by atoms with E-state index in [9.17, 15) is 4.79 Å². The lowest BCUT2D eigenvalue weighted by Crippen LogP contribution is -2.28. The second-order valence-electron chi connectivity index (χ2n) is 9.23. The summed E-state index contributed by atoms with van der Waals surface area (Å²) in [4.78, 5) is 23.3. The van der Waals surface area contributed by atoms with Crippen LogP contribution in [0.15, 0.2) is 51.8 Å². The summed E-state index contributed by atoms with van der Waals surface area (Å²) in [6.07, 6.45) is 6.52. The van der Waals surface area contributed by atoms with E-state index < -0.39 is 5.76 Å². The van der Waals surface area contributed by atoms with Gasteiger partial charge in [0.1, 0.15) is 5.82 Å². The number of aryl methyl sites for hydroxylation is 2. The van der Waals surface area contributed by atoms with Crippen molar-refractivity contribution >= 4 is 34.2 Å². The minimum Gasteiger partial charge on any atom is -0.408 e. The van der Waals surface area contributed by atoms with E-state index in [1.165, 1.54) is 24.0 Å². The maximum absolute atomic E-state index is 11.4. The van der Waals surface area contributed by atoms with E-state index in [-0.39, 0.29) is 0 Å². The van der Waals surface area contributed by atoms with E-state index >= 15 is 0 Å². The third-order valence-electron chi connectivity index (χ3n) is 6.15. The van der Waals surface area contributed by atoms with E-state index in [1.54, 1.807) is 12.3 Å². The van der Waals surface area contributed by atoms with Gasteiger partial charge in [0.25, 0.3) is 0 Å². The average molecular weight is 459 g/mol. The third-order valence-corrected chi connectivity index (χ3v) is 6.15. The molecule has 0 aliphatic heterocycles. The molecule has 0 radical (unpaired) electrons. The van der Waals surface area contributed by atoms with Crippen LogP contribution < -0.4 is 21.7 Å². The molecule has 8 heteroatoms. The molecular formula is C26H30N6O2. The van der Waals surface area contributed by atoms with Gasteiger partial charge in [0.15, 0.2) is 5.58 Å². The molecule has 5 rings (SSSR count). The van der Waals surface area contributed by atoms with Gasteiger partial charge in [0.05, 0.1) is 5.52 Å². The van der Waals surface area contributed by atoms with Gasteiger partial charge in [-0.05, 0) is 67.6 Å². The quantitative estimate of drug-likeness (QED) is 0.284. The van der Waals surface area contributed by atoms with E-state index in [2.05, 4.69) is 58.0 Å². The first kappa shape index (κ1) is 22.2. The highest BCUT2D eigenvalue weighted by molar-refractivity contribution is 5.78. The van der Waals surface area contributed by atoms with Crippen LogP contribution in [0.25, 0.3) is 11.1 Å². The van der Waals surface area contributed by atoms with E-state index in [1.807, 2.05) is 19.1 Å². The SMILES string of the molecule is Cc1cnc(Nc2ccc3c(c2)C(NC(C)C)CCCC3)nc1Nc1ccc2oc(=O)[nH]c2c1. The Morgan fingerprint density at radius 1 is 1.09 bits per heavy atom. The summed E-state index contributed by atoms with van der Waals surface area (Å²) in [6, 6.07) is 12.8. The highest BCUT2D eigenvalue weighted by atomic mass is 16.4. The molecule has 1 aliphatic carbocycles. The number of H-pyrrole nitrogens is 1. The summed E-state index contributed by atoms with van der Waals surface area (Å²) in [5.41, 5.74) is 6.62. The Bertz CT molecular complexity index is 1370. The van der Waals surface area contributed by atoms with E-state index in [0.717, 1.165) is 29.8 Å². The summed E-state index contributed by atoms with van der Waals surface area (Å²) in [7, 11) is 0. The number of hydrogen-bond donors (Lipinski definition) is 4. The molecule has 8 nitrogen and oxygen atoms in total. The van der Waals surface area contributed by atoms with Gasteiger partial charge >= 0.3 is 5.76 Å². The number of benzene rings is 2. The molecule has 34 heavy (non-hydrogen) atoms. The molecule has 1 atom stereocenters. The van der Waals surface area contributed by atoms with Gasteiger partial charge in [-0.2, -0.15) is 4.98 Å². The smallest absolute Gasteiger partial charge is 0.408 e. The highest BCUT2D eigenvalue weighted by Gasteiger charge is 2.20. The van der Waals surface area contributed by atoms with Crippen molar-refractivity contribution in [2.75, 3.05) is 10.6 Å². The van der Waals surface area contributed by atoms with Gasteiger partial charge in [-0.25, -0.2) is 9.78 Å². The molecule has 4 N–H and O–H groups in total. The second kappa shape index (κ2) is 9.30.